The molecule has 1 aromatic rings. The van der Waals surface area contributed by atoms with Crippen LogP contribution in [0.5, 0.6) is 0 Å². The predicted molar refractivity (Wildman–Crippen MR) is 92.1 cm³/mol. The second-order valence-electron chi connectivity index (χ2n) is 6.26. The summed E-state index contributed by atoms with van der Waals surface area (Å²) in [6.07, 6.45) is 1.07. The Labute approximate surface area is 135 Å². The zero-order valence-corrected chi connectivity index (χ0v) is 14.8. The molecular weight excluding hydrogens is 274 g/mol. The van der Waals surface area contributed by atoms with E-state index in [9.17, 15) is 4.79 Å². The highest BCUT2D eigenvalue weighted by atomic mass is 16.5. The Morgan fingerprint density at radius 3 is 2.18 bits per heavy atom. The fraction of sp³-hybridized carbons (Fsp3) is 0.632. The molecule has 0 N–H and O–H groups in total. The molecule has 1 atom stereocenters. The molecule has 0 saturated heterocycles. The first-order valence-corrected chi connectivity index (χ1v) is 8.45. The largest absolute Gasteiger partial charge is 0.464 e. The SMILES string of the molecule is CCN(CC)CCOC(=O)[C@H](C)c1ccc(CC(C)C)cc1. The molecule has 1 rings (SSSR count). The first-order chi connectivity index (χ1) is 10.5. The normalized spacial score (nSPS) is 12.7. The van der Waals surface area contributed by atoms with Gasteiger partial charge in [0.05, 0.1) is 5.92 Å². The molecule has 0 unspecified atom stereocenters. The number of benzene rings is 1. The summed E-state index contributed by atoms with van der Waals surface area (Å²) in [4.78, 5) is 14.4. The molecule has 0 heterocycles. The molecule has 0 aliphatic heterocycles. The molecule has 0 fully saturated rings. The number of hydrogen-bond donors (Lipinski definition) is 0. The van der Waals surface area contributed by atoms with Crippen molar-refractivity contribution in [2.75, 3.05) is 26.2 Å². The number of carbonyl (C=O) groups excluding carboxylic acids is 1. The minimum absolute atomic E-state index is 0.135. The number of esters is 1. The van der Waals surface area contributed by atoms with Crippen LogP contribution in [0.15, 0.2) is 24.3 Å². The summed E-state index contributed by atoms with van der Waals surface area (Å²) >= 11 is 0. The molecule has 3 heteroatoms. The number of nitrogens with zero attached hydrogens (tertiary/aromatic N) is 1. The van der Waals surface area contributed by atoms with Crippen molar-refractivity contribution >= 4 is 5.97 Å². The molecule has 0 saturated carbocycles. The monoisotopic (exact) mass is 305 g/mol. The number of hydrogen-bond acceptors (Lipinski definition) is 3. The van der Waals surface area contributed by atoms with Crippen LogP contribution in [0.2, 0.25) is 0 Å². The summed E-state index contributed by atoms with van der Waals surface area (Å²) in [5.74, 6) is 0.307. The fourth-order valence-corrected chi connectivity index (χ4v) is 2.49. The van der Waals surface area contributed by atoms with Gasteiger partial charge in [-0.2, -0.15) is 0 Å². The van der Waals surface area contributed by atoms with Crippen LogP contribution in [0, 0.1) is 5.92 Å². The van der Waals surface area contributed by atoms with Crippen molar-refractivity contribution in [3.05, 3.63) is 35.4 Å². The second-order valence-corrected chi connectivity index (χ2v) is 6.26. The minimum atomic E-state index is -0.204. The number of carbonyl (C=O) groups is 1. The van der Waals surface area contributed by atoms with Crippen LogP contribution in [0.4, 0.5) is 0 Å². The molecule has 0 amide bonds. The van der Waals surface area contributed by atoms with Crippen LogP contribution in [-0.2, 0) is 16.0 Å². The van der Waals surface area contributed by atoms with Crippen LogP contribution in [-0.4, -0.2) is 37.1 Å². The first-order valence-electron chi connectivity index (χ1n) is 8.45. The van der Waals surface area contributed by atoms with Gasteiger partial charge < -0.3 is 9.64 Å². The number of ether oxygens (including phenoxy) is 1. The zero-order valence-electron chi connectivity index (χ0n) is 14.8. The Bertz CT molecular complexity index is 435. The topological polar surface area (TPSA) is 29.5 Å². The summed E-state index contributed by atoms with van der Waals surface area (Å²) in [6.45, 7) is 13.8. The van der Waals surface area contributed by atoms with E-state index in [0.29, 0.717) is 12.5 Å². The Morgan fingerprint density at radius 1 is 1.09 bits per heavy atom. The molecule has 1 aromatic carbocycles. The lowest BCUT2D eigenvalue weighted by Crippen LogP contribution is -2.28. The van der Waals surface area contributed by atoms with E-state index in [2.05, 4.69) is 44.7 Å². The van der Waals surface area contributed by atoms with Gasteiger partial charge in [0.1, 0.15) is 6.61 Å². The van der Waals surface area contributed by atoms with E-state index in [0.717, 1.165) is 31.6 Å². The lowest BCUT2D eigenvalue weighted by atomic mass is 9.97. The van der Waals surface area contributed by atoms with Gasteiger partial charge in [0.25, 0.3) is 0 Å². The standard InChI is InChI=1S/C19H31NO2/c1-6-20(7-2)12-13-22-19(21)16(5)18-10-8-17(9-11-18)14-15(3)4/h8-11,15-16H,6-7,12-14H2,1-5H3/t16-/m1/s1. The summed E-state index contributed by atoms with van der Waals surface area (Å²) in [7, 11) is 0. The van der Waals surface area contributed by atoms with Gasteiger partial charge in [0.2, 0.25) is 0 Å². The first kappa shape index (κ1) is 18.7. The molecule has 0 aliphatic carbocycles. The van der Waals surface area contributed by atoms with Crippen molar-refractivity contribution < 1.29 is 9.53 Å². The fourth-order valence-electron chi connectivity index (χ4n) is 2.49. The molecule has 22 heavy (non-hydrogen) atoms. The Hall–Kier alpha value is -1.35. The van der Waals surface area contributed by atoms with Crippen molar-refractivity contribution in [2.45, 2.75) is 47.0 Å². The highest BCUT2D eigenvalue weighted by Crippen LogP contribution is 2.18. The Kier molecular flexibility index (Phi) is 8.18. The van der Waals surface area contributed by atoms with E-state index < -0.39 is 0 Å². The van der Waals surface area contributed by atoms with Crippen LogP contribution in [0.25, 0.3) is 0 Å². The molecule has 0 radical (unpaired) electrons. The number of rotatable bonds is 9. The van der Waals surface area contributed by atoms with Gasteiger partial charge in [-0.1, -0.05) is 52.0 Å². The van der Waals surface area contributed by atoms with Crippen molar-refractivity contribution in [3.63, 3.8) is 0 Å². The Morgan fingerprint density at radius 2 is 1.68 bits per heavy atom. The Balaban J connectivity index is 2.48. The smallest absolute Gasteiger partial charge is 0.313 e. The average molecular weight is 305 g/mol. The maximum atomic E-state index is 12.1. The van der Waals surface area contributed by atoms with Gasteiger partial charge in [-0.05, 0) is 43.5 Å². The average Bonchev–Trinajstić information content (AvgIpc) is 2.51. The molecule has 0 bridgehead atoms. The molecule has 0 aliphatic rings. The van der Waals surface area contributed by atoms with Crippen molar-refractivity contribution in [2.24, 2.45) is 5.92 Å². The van der Waals surface area contributed by atoms with Gasteiger partial charge >= 0.3 is 5.97 Å². The molecule has 0 spiro atoms. The van der Waals surface area contributed by atoms with Gasteiger partial charge in [-0.25, -0.2) is 0 Å². The van der Waals surface area contributed by atoms with Crippen molar-refractivity contribution in [3.8, 4) is 0 Å². The third-order valence-electron chi connectivity index (χ3n) is 4.02. The van der Waals surface area contributed by atoms with E-state index in [1.54, 1.807) is 0 Å². The maximum absolute atomic E-state index is 12.1. The van der Waals surface area contributed by atoms with E-state index in [-0.39, 0.29) is 11.9 Å². The summed E-state index contributed by atoms with van der Waals surface area (Å²) in [6, 6.07) is 8.34. The van der Waals surface area contributed by atoms with Gasteiger partial charge in [-0.15, -0.1) is 0 Å². The molecule has 3 nitrogen and oxygen atoms in total. The highest BCUT2D eigenvalue weighted by Gasteiger charge is 2.17. The minimum Gasteiger partial charge on any atom is -0.464 e. The van der Waals surface area contributed by atoms with E-state index in [4.69, 9.17) is 4.74 Å². The van der Waals surface area contributed by atoms with Gasteiger partial charge in [0, 0.05) is 6.54 Å². The van der Waals surface area contributed by atoms with Crippen LogP contribution in [0.1, 0.15) is 51.7 Å². The quantitative estimate of drug-likeness (QED) is 0.649. The third-order valence-corrected chi connectivity index (χ3v) is 4.02. The number of likely N-dealkylation sites (N-methyl/N-ethyl adjacent to an activating group) is 1. The summed E-state index contributed by atoms with van der Waals surface area (Å²) < 4.78 is 5.41. The van der Waals surface area contributed by atoms with Crippen molar-refractivity contribution in [1.29, 1.82) is 0 Å². The van der Waals surface area contributed by atoms with E-state index in [1.807, 2.05) is 19.1 Å². The molecular formula is C19H31NO2. The van der Waals surface area contributed by atoms with E-state index in [1.165, 1.54) is 5.56 Å². The van der Waals surface area contributed by atoms with Gasteiger partial charge in [-0.3, -0.25) is 4.79 Å². The molecule has 124 valence electrons. The van der Waals surface area contributed by atoms with Crippen LogP contribution in [0.3, 0.4) is 0 Å². The van der Waals surface area contributed by atoms with Crippen LogP contribution >= 0.6 is 0 Å². The molecule has 0 aromatic heterocycles. The summed E-state index contributed by atoms with van der Waals surface area (Å²) in [5, 5.41) is 0. The maximum Gasteiger partial charge on any atom is 0.313 e. The second kappa shape index (κ2) is 9.62. The van der Waals surface area contributed by atoms with Crippen LogP contribution < -0.4 is 0 Å². The zero-order chi connectivity index (χ0) is 16.5. The lowest BCUT2D eigenvalue weighted by molar-refractivity contribution is -0.145. The lowest BCUT2D eigenvalue weighted by Gasteiger charge is -2.18. The van der Waals surface area contributed by atoms with Crippen molar-refractivity contribution in [1.82, 2.24) is 4.90 Å². The summed E-state index contributed by atoms with van der Waals surface area (Å²) in [5.41, 5.74) is 2.35. The third kappa shape index (κ3) is 6.18. The predicted octanol–water partition coefficient (Wildman–Crippen LogP) is 3.87. The van der Waals surface area contributed by atoms with E-state index >= 15 is 0 Å². The highest BCUT2D eigenvalue weighted by molar-refractivity contribution is 5.77. The van der Waals surface area contributed by atoms with Gasteiger partial charge in [0.15, 0.2) is 0 Å².